The quantitative estimate of drug-likeness (QED) is 0.823. The van der Waals surface area contributed by atoms with Crippen molar-refractivity contribution in [3.63, 3.8) is 0 Å². The molecule has 0 aromatic carbocycles. The van der Waals surface area contributed by atoms with E-state index in [1.165, 1.54) is 12.8 Å². The minimum absolute atomic E-state index is 0.0951. The predicted molar refractivity (Wildman–Crippen MR) is 91.8 cm³/mol. The van der Waals surface area contributed by atoms with E-state index in [-0.39, 0.29) is 11.9 Å². The SMILES string of the molecule is CC1CCN(C(C)CNC(=O)N2C[C@@H]3CCC[C@@]3(C(=O)O)C2)CC1. The number of rotatable bonds is 4. The number of amides is 2. The number of carbonyl (C=O) groups excluding carboxylic acids is 1. The third-order valence-electron chi connectivity index (χ3n) is 6.57. The van der Waals surface area contributed by atoms with Crippen LogP contribution in [0.25, 0.3) is 0 Å². The molecule has 0 spiro atoms. The van der Waals surface area contributed by atoms with E-state index < -0.39 is 11.4 Å². The van der Waals surface area contributed by atoms with E-state index in [1.807, 2.05) is 0 Å². The molecule has 3 aliphatic rings. The molecule has 24 heavy (non-hydrogen) atoms. The molecule has 3 rings (SSSR count). The van der Waals surface area contributed by atoms with E-state index >= 15 is 0 Å². The van der Waals surface area contributed by atoms with Crippen molar-refractivity contribution in [3.05, 3.63) is 0 Å². The Morgan fingerprint density at radius 3 is 2.62 bits per heavy atom. The van der Waals surface area contributed by atoms with Gasteiger partial charge in [0.25, 0.3) is 0 Å². The topological polar surface area (TPSA) is 72.9 Å². The first kappa shape index (κ1) is 17.5. The molecular weight excluding hydrogens is 306 g/mol. The van der Waals surface area contributed by atoms with Gasteiger partial charge in [-0.1, -0.05) is 13.3 Å². The average Bonchev–Trinajstić information content (AvgIpc) is 3.11. The summed E-state index contributed by atoms with van der Waals surface area (Å²) in [5.41, 5.74) is -0.689. The van der Waals surface area contributed by atoms with Crippen molar-refractivity contribution in [1.29, 1.82) is 0 Å². The third-order valence-corrected chi connectivity index (χ3v) is 6.57. The number of nitrogens with one attached hydrogen (secondary N) is 1. The highest BCUT2D eigenvalue weighted by Gasteiger charge is 2.55. The molecule has 0 bridgehead atoms. The lowest BCUT2D eigenvalue weighted by Gasteiger charge is -2.35. The van der Waals surface area contributed by atoms with Crippen molar-refractivity contribution in [1.82, 2.24) is 15.1 Å². The molecule has 0 aromatic heterocycles. The van der Waals surface area contributed by atoms with Gasteiger partial charge >= 0.3 is 12.0 Å². The van der Waals surface area contributed by atoms with Crippen molar-refractivity contribution < 1.29 is 14.7 Å². The number of hydrogen-bond acceptors (Lipinski definition) is 3. The number of fused-ring (bicyclic) bond motifs is 1. The fourth-order valence-electron chi connectivity index (χ4n) is 4.74. The van der Waals surface area contributed by atoms with Crippen LogP contribution in [-0.2, 0) is 4.79 Å². The number of carboxylic acids is 1. The number of hydrogen-bond donors (Lipinski definition) is 2. The summed E-state index contributed by atoms with van der Waals surface area (Å²) in [5.74, 6) is 0.206. The minimum Gasteiger partial charge on any atom is -0.481 e. The van der Waals surface area contributed by atoms with E-state index in [2.05, 4.69) is 24.1 Å². The summed E-state index contributed by atoms with van der Waals surface area (Å²) in [4.78, 5) is 28.4. The number of urea groups is 1. The van der Waals surface area contributed by atoms with Gasteiger partial charge in [-0.05, 0) is 57.5 Å². The first-order valence-electron chi connectivity index (χ1n) is 9.42. The number of piperidine rings is 1. The van der Waals surface area contributed by atoms with Gasteiger partial charge in [-0.2, -0.15) is 0 Å². The Morgan fingerprint density at radius 1 is 1.29 bits per heavy atom. The van der Waals surface area contributed by atoms with Crippen molar-refractivity contribution in [2.45, 2.75) is 52.0 Å². The number of carbonyl (C=O) groups is 2. The van der Waals surface area contributed by atoms with E-state index in [0.29, 0.717) is 32.1 Å². The van der Waals surface area contributed by atoms with Gasteiger partial charge in [-0.25, -0.2) is 4.79 Å². The van der Waals surface area contributed by atoms with Crippen LogP contribution in [0.1, 0.15) is 46.0 Å². The Balaban J connectivity index is 1.48. The maximum atomic E-state index is 12.5. The van der Waals surface area contributed by atoms with Gasteiger partial charge in [0.1, 0.15) is 0 Å². The summed E-state index contributed by atoms with van der Waals surface area (Å²) in [6.45, 7) is 8.26. The smallest absolute Gasteiger partial charge is 0.317 e. The number of aliphatic carboxylic acids is 1. The minimum atomic E-state index is -0.726. The Bertz CT molecular complexity index is 490. The molecule has 3 atom stereocenters. The standard InChI is InChI=1S/C18H31N3O3/c1-13-5-8-20(9-6-13)14(2)10-19-17(24)21-11-15-4-3-7-18(15,12-21)16(22)23/h13-15H,3-12H2,1-2H3,(H,19,24)(H,22,23)/t14?,15-,18+/m0/s1. The van der Waals surface area contributed by atoms with Crippen molar-refractivity contribution in [2.24, 2.45) is 17.3 Å². The normalized spacial score (nSPS) is 32.6. The highest BCUT2D eigenvalue weighted by molar-refractivity contribution is 5.80. The average molecular weight is 337 g/mol. The second kappa shape index (κ2) is 6.90. The van der Waals surface area contributed by atoms with Crippen LogP contribution >= 0.6 is 0 Å². The molecule has 0 radical (unpaired) electrons. The van der Waals surface area contributed by atoms with Crippen LogP contribution in [-0.4, -0.2) is 65.7 Å². The second-order valence-electron chi connectivity index (χ2n) is 8.18. The predicted octanol–water partition coefficient (Wildman–Crippen LogP) is 2.00. The van der Waals surface area contributed by atoms with Crippen molar-refractivity contribution >= 4 is 12.0 Å². The van der Waals surface area contributed by atoms with E-state index in [1.54, 1.807) is 4.90 Å². The molecule has 6 heteroatoms. The van der Waals surface area contributed by atoms with Gasteiger partial charge < -0.3 is 15.3 Å². The molecule has 1 saturated carbocycles. The van der Waals surface area contributed by atoms with Crippen LogP contribution in [0.15, 0.2) is 0 Å². The van der Waals surface area contributed by atoms with Crippen LogP contribution in [0.5, 0.6) is 0 Å². The Labute approximate surface area is 144 Å². The van der Waals surface area contributed by atoms with Crippen LogP contribution in [0.3, 0.4) is 0 Å². The molecule has 0 aromatic rings. The summed E-state index contributed by atoms with van der Waals surface area (Å²) in [7, 11) is 0. The van der Waals surface area contributed by atoms with Crippen molar-refractivity contribution in [3.8, 4) is 0 Å². The lowest BCUT2D eigenvalue weighted by atomic mass is 9.81. The number of likely N-dealkylation sites (tertiary alicyclic amines) is 2. The van der Waals surface area contributed by atoms with Crippen LogP contribution < -0.4 is 5.32 Å². The lowest BCUT2D eigenvalue weighted by Crippen LogP contribution is -2.48. The molecule has 2 N–H and O–H groups in total. The molecule has 6 nitrogen and oxygen atoms in total. The zero-order valence-electron chi connectivity index (χ0n) is 15.0. The Hall–Kier alpha value is -1.30. The van der Waals surface area contributed by atoms with Crippen LogP contribution in [0.4, 0.5) is 4.79 Å². The van der Waals surface area contributed by atoms with E-state index in [9.17, 15) is 14.7 Å². The summed E-state index contributed by atoms with van der Waals surface area (Å²) < 4.78 is 0. The molecule has 2 saturated heterocycles. The molecule has 136 valence electrons. The summed E-state index contributed by atoms with van der Waals surface area (Å²) in [6, 6.07) is 0.235. The summed E-state index contributed by atoms with van der Waals surface area (Å²) in [5, 5.41) is 12.6. The van der Waals surface area contributed by atoms with Gasteiger partial charge in [-0.15, -0.1) is 0 Å². The van der Waals surface area contributed by atoms with Crippen molar-refractivity contribution in [2.75, 3.05) is 32.7 Å². The summed E-state index contributed by atoms with van der Waals surface area (Å²) >= 11 is 0. The molecule has 3 fully saturated rings. The van der Waals surface area contributed by atoms with Gasteiger partial charge in [0.05, 0.1) is 5.41 Å². The van der Waals surface area contributed by atoms with Crippen LogP contribution in [0, 0.1) is 17.3 Å². The highest BCUT2D eigenvalue weighted by Crippen LogP contribution is 2.48. The van der Waals surface area contributed by atoms with Gasteiger partial charge in [0.2, 0.25) is 0 Å². The van der Waals surface area contributed by atoms with Gasteiger partial charge in [-0.3, -0.25) is 9.69 Å². The highest BCUT2D eigenvalue weighted by atomic mass is 16.4. The second-order valence-corrected chi connectivity index (χ2v) is 8.18. The zero-order valence-corrected chi connectivity index (χ0v) is 15.0. The molecule has 1 unspecified atom stereocenters. The number of carboxylic acid groups (broad SMARTS) is 1. The molecule has 2 heterocycles. The molecule has 1 aliphatic carbocycles. The summed E-state index contributed by atoms with van der Waals surface area (Å²) in [6.07, 6.45) is 5.06. The molecular formula is C18H31N3O3. The first-order valence-corrected chi connectivity index (χ1v) is 9.42. The third kappa shape index (κ3) is 3.25. The monoisotopic (exact) mass is 337 g/mol. The van der Waals surface area contributed by atoms with E-state index in [0.717, 1.165) is 31.8 Å². The van der Waals surface area contributed by atoms with Gasteiger partial charge in [0.15, 0.2) is 0 Å². The largest absolute Gasteiger partial charge is 0.481 e. The first-order chi connectivity index (χ1) is 11.4. The maximum Gasteiger partial charge on any atom is 0.317 e. The van der Waals surface area contributed by atoms with Crippen LogP contribution in [0.2, 0.25) is 0 Å². The van der Waals surface area contributed by atoms with Gasteiger partial charge in [0, 0.05) is 25.7 Å². The fourth-order valence-corrected chi connectivity index (χ4v) is 4.74. The Morgan fingerprint density at radius 2 is 2.00 bits per heavy atom. The fraction of sp³-hybridized carbons (Fsp3) is 0.889. The number of nitrogens with zero attached hydrogens (tertiary/aromatic N) is 2. The lowest BCUT2D eigenvalue weighted by molar-refractivity contribution is -0.149. The molecule has 2 amide bonds. The maximum absolute atomic E-state index is 12.5. The molecule has 2 aliphatic heterocycles. The van der Waals surface area contributed by atoms with E-state index in [4.69, 9.17) is 0 Å². The zero-order chi connectivity index (χ0) is 17.3. The Kier molecular flexibility index (Phi) is 5.04.